The minimum absolute atomic E-state index is 0.0781. The van der Waals surface area contributed by atoms with E-state index in [1.165, 1.54) is 42.4 Å². The van der Waals surface area contributed by atoms with Crippen LogP contribution >= 0.6 is 11.8 Å². The SMILES string of the molecule is CC#CCOc1cnc(C(=O)Nc2ccc(F)c(CN=C(N)SC)c2)cn1. The molecule has 3 N–H and O–H groups in total. The summed E-state index contributed by atoms with van der Waals surface area (Å²) in [6.07, 6.45) is 4.40. The fourth-order valence-corrected chi connectivity index (χ4v) is 2.08. The van der Waals surface area contributed by atoms with E-state index in [4.69, 9.17) is 10.5 Å². The van der Waals surface area contributed by atoms with Crippen molar-refractivity contribution in [3.8, 4) is 17.7 Å². The maximum absolute atomic E-state index is 13.9. The normalized spacial score (nSPS) is 10.7. The number of aliphatic imine (C=N–C) groups is 1. The summed E-state index contributed by atoms with van der Waals surface area (Å²) in [4.78, 5) is 24.3. The Morgan fingerprint density at radius 2 is 2.22 bits per heavy atom. The van der Waals surface area contributed by atoms with Crippen molar-refractivity contribution in [3.63, 3.8) is 0 Å². The Morgan fingerprint density at radius 1 is 1.41 bits per heavy atom. The first-order valence-electron chi connectivity index (χ1n) is 7.81. The van der Waals surface area contributed by atoms with E-state index in [-0.39, 0.29) is 24.7 Å². The van der Waals surface area contributed by atoms with E-state index in [0.29, 0.717) is 16.4 Å². The van der Waals surface area contributed by atoms with Crippen molar-refractivity contribution >= 4 is 28.5 Å². The second-order valence-electron chi connectivity index (χ2n) is 5.07. The molecule has 27 heavy (non-hydrogen) atoms. The Balaban J connectivity index is 2.05. The number of anilines is 1. The molecule has 0 atom stereocenters. The third-order valence-electron chi connectivity index (χ3n) is 3.25. The van der Waals surface area contributed by atoms with Crippen molar-refractivity contribution in [2.24, 2.45) is 10.7 Å². The highest BCUT2D eigenvalue weighted by Crippen LogP contribution is 2.17. The van der Waals surface area contributed by atoms with Gasteiger partial charge in [-0.05, 0) is 31.4 Å². The number of ether oxygens (including phenoxy) is 1. The lowest BCUT2D eigenvalue weighted by Gasteiger charge is -2.08. The van der Waals surface area contributed by atoms with Crippen molar-refractivity contribution in [2.45, 2.75) is 13.5 Å². The number of carbonyl (C=O) groups excluding carboxylic acids is 1. The number of halogens is 1. The molecule has 0 aliphatic heterocycles. The van der Waals surface area contributed by atoms with E-state index in [2.05, 4.69) is 32.1 Å². The highest BCUT2D eigenvalue weighted by Gasteiger charge is 2.11. The molecule has 7 nitrogen and oxygen atoms in total. The van der Waals surface area contributed by atoms with E-state index < -0.39 is 11.7 Å². The predicted octanol–water partition coefficient (Wildman–Crippen LogP) is 2.45. The van der Waals surface area contributed by atoms with Gasteiger partial charge in [-0.25, -0.2) is 14.4 Å². The largest absolute Gasteiger partial charge is 0.463 e. The highest BCUT2D eigenvalue weighted by atomic mass is 32.2. The van der Waals surface area contributed by atoms with Gasteiger partial charge in [-0.2, -0.15) is 0 Å². The molecule has 140 valence electrons. The van der Waals surface area contributed by atoms with Gasteiger partial charge in [0.15, 0.2) is 11.8 Å². The Bertz CT molecular complexity index is 891. The summed E-state index contributed by atoms with van der Waals surface area (Å²) in [6, 6.07) is 4.21. The van der Waals surface area contributed by atoms with Gasteiger partial charge < -0.3 is 15.8 Å². The van der Waals surface area contributed by atoms with E-state index in [1.54, 1.807) is 13.2 Å². The number of hydrogen-bond donors (Lipinski definition) is 2. The first-order chi connectivity index (χ1) is 13.0. The number of nitrogens with two attached hydrogens (primary N) is 1. The third-order valence-corrected chi connectivity index (χ3v) is 3.80. The number of amides is 1. The number of amidine groups is 1. The lowest BCUT2D eigenvalue weighted by atomic mass is 10.2. The number of rotatable bonds is 6. The van der Waals surface area contributed by atoms with Gasteiger partial charge in [0.05, 0.1) is 18.9 Å². The molecular weight excluding hydrogens is 369 g/mol. The molecule has 1 amide bonds. The van der Waals surface area contributed by atoms with Gasteiger partial charge in [-0.1, -0.05) is 17.7 Å². The van der Waals surface area contributed by atoms with Crippen LogP contribution in [0, 0.1) is 17.7 Å². The molecule has 1 aromatic carbocycles. The number of hydrogen-bond acceptors (Lipinski definition) is 6. The molecule has 1 heterocycles. The Labute approximate surface area is 160 Å². The molecular formula is C18H18FN5O2S. The predicted molar refractivity (Wildman–Crippen MR) is 104 cm³/mol. The molecule has 0 unspecified atom stereocenters. The van der Waals surface area contributed by atoms with Gasteiger partial charge in [0.25, 0.3) is 5.91 Å². The van der Waals surface area contributed by atoms with Crippen molar-refractivity contribution < 1.29 is 13.9 Å². The quantitative estimate of drug-likeness (QED) is 0.448. The zero-order valence-electron chi connectivity index (χ0n) is 14.8. The van der Waals surface area contributed by atoms with E-state index in [1.807, 2.05) is 0 Å². The van der Waals surface area contributed by atoms with Crippen LogP contribution in [0.2, 0.25) is 0 Å². The van der Waals surface area contributed by atoms with E-state index in [0.717, 1.165) is 0 Å². The molecule has 2 rings (SSSR count). The summed E-state index contributed by atoms with van der Waals surface area (Å²) in [5.41, 5.74) is 6.43. The van der Waals surface area contributed by atoms with Crippen LogP contribution in [0.4, 0.5) is 10.1 Å². The topological polar surface area (TPSA) is 102 Å². The maximum atomic E-state index is 13.9. The van der Waals surface area contributed by atoms with Crippen molar-refractivity contribution in [3.05, 3.63) is 47.7 Å². The summed E-state index contributed by atoms with van der Waals surface area (Å²) in [5, 5.41) is 3.00. The number of aromatic nitrogens is 2. The minimum Gasteiger partial charge on any atom is -0.463 e. The number of benzene rings is 1. The summed E-state index contributed by atoms with van der Waals surface area (Å²) < 4.78 is 19.1. The molecule has 0 spiro atoms. The van der Waals surface area contributed by atoms with Gasteiger partial charge in [0, 0.05) is 11.3 Å². The van der Waals surface area contributed by atoms with Gasteiger partial charge in [-0.15, -0.1) is 5.92 Å². The molecule has 0 aliphatic rings. The van der Waals surface area contributed by atoms with Crippen molar-refractivity contribution in [1.82, 2.24) is 9.97 Å². The van der Waals surface area contributed by atoms with Gasteiger partial charge in [0.2, 0.25) is 5.88 Å². The van der Waals surface area contributed by atoms with Crippen LogP contribution in [-0.4, -0.2) is 33.9 Å². The van der Waals surface area contributed by atoms with Crippen molar-refractivity contribution in [1.29, 1.82) is 0 Å². The molecule has 0 fully saturated rings. The average Bonchev–Trinajstić information content (AvgIpc) is 2.68. The number of thioether (sulfide) groups is 1. The third kappa shape index (κ3) is 6.27. The van der Waals surface area contributed by atoms with E-state index in [9.17, 15) is 9.18 Å². The summed E-state index contributed by atoms with van der Waals surface area (Å²) >= 11 is 1.27. The first-order valence-corrected chi connectivity index (χ1v) is 9.04. The number of carbonyl (C=O) groups is 1. The molecule has 0 saturated carbocycles. The molecule has 0 aliphatic carbocycles. The highest BCUT2D eigenvalue weighted by molar-refractivity contribution is 8.13. The standard InChI is InChI=1S/C18H18FN5O2S/c1-3-4-7-26-16-11-21-15(10-22-16)17(25)24-13-5-6-14(19)12(8-13)9-23-18(20)27-2/h5-6,8,10-11H,7,9H2,1-2H3,(H2,20,23)(H,24,25). The Morgan fingerprint density at radius 3 is 2.89 bits per heavy atom. The molecule has 2 aromatic rings. The van der Waals surface area contributed by atoms with Gasteiger partial charge in [-0.3, -0.25) is 9.79 Å². The van der Waals surface area contributed by atoms with Crippen LogP contribution in [0.1, 0.15) is 23.0 Å². The molecule has 0 saturated heterocycles. The van der Waals surface area contributed by atoms with Gasteiger partial charge in [0.1, 0.15) is 11.5 Å². The van der Waals surface area contributed by atoms with Crippen molar-refractivity contribution in [2.75, 3.05) is 18.2 Å². The lowest BCUT2D eigenvalue weighted by Crippen LogP contribution is -2.14. The number of nitrogens with zero attached hydrogens (tertiary/aromatic N) is 3. The summed E-state index contributed by atoms with van der Waals surface area (Å²) in [6.45, 7) is 1.97. The fraction of sp³-hybridized carbons (Fsp3) is 0.222. The Hall–Kier alpha value is -3.12. The second kappa shape index (κ2) is 10.1. The molecule has 9 heteroatoms. The van der Waals surface area contributed by atoms with Crippen LogP contribution in [0.25, 0.3) is 0 Å². The van der Waals surface area contributed by atoms with E-state index >= 15 is 0 Å². The van der Waals surface area contributed by atoms with Gasteiger partial charge >= 0.3 is 0 Å². The van der Waals surface area contributed by atoms with Crippen LogP contribution < -0.4 is 15.8 Å². The fourth-order valence-electron chi connectivity index (χ4n) is 1.89. The van der Waals surface area contributed by atoms with Crippen LogP contribution in [-0.2, 0) is 6.54 Å². The summed E-state index contributed by atoms with van der Waals surface area (Å²) in [7, 11) is 0. The second-order valence-corrected chi connectivity index (χ2v) is 5.90. The van der Waals surface area contributed by atoms with Crippen LogP contribution in [0.5, 0.6) is 5.88 Å². The zero-order valence-corrected chi connectivity index (χ0v) is 15.6. The van der Waals surface area contributed by atoms with Crippen LogP contribution in [0.15, 0.2) is 35.6 Å². The number of nitrogens with one attached hydrogen (secondary N) is 1. The minimum atomic E-state index is -0.480. The smallest absolute Gasteiger partial charge is 0.275 e. The summed E-state index contributed by atoms with van der Waals surface area (Å²) in [5.74, 6) is 4.78. The first kappa shape index (κ1) is 20.2. The van der Waals surface area contributed by atoms with Crippen LogP contribution in [0.3, 0.4) is 0 Å². The molecule has 1 aromatic heterocycles. The Kier molecular flexibility index (Phi) is 7.58. The average molecular weight is 387 g/mol. The molecule has 0 radical (unpaired) electrons. The lowest BCUT2D eigenvalue weighted by molar-refractivity contribution is 0.102. The maximum Gasteiger partial charge on any atom is 0.275 e. The monoisotopic (exact) mass is 387 g/mol. The molecule has 0 bridgehead atoms. The zero-order chi connectivity index (χ0) is 19.6.